The fraction of sp³-hybridized carbons (Fsp3) is 0.105. The Balaban J connectivity index is 1.94. The molecule has 0 unspecified atom stereocenters. The first-order chi connectivity index (χ1) is 12.8. The first-order valence-corrected chi connectivity index (χ1v) is 10.8. The molecule has 1 fully saturated rings. The fourth-order valence-corrected chi connectivity index (χ4v) is 5.01. The number of phenols is 2. The number of rotatable bonds is 2. The fourth-order valence-electron chi connectivity index (χ4n) is 2.56. The van der Waals surface area contributed by atoms with E-state index in [1.165, 1.54) is 0 Å². The molecule has 8 heteroatoms. The lowest BCUT2D eigenvalue weighted by atomic mass is 9.98. The second-order valence-electron chi connectivity index (χ2n) is 5.83. The number of ketones is 1. The predicted molar refractivity (Wildman–Crippen MR) is 119 cm³/mol. The highest BCUT2D eigenvalue weighted by atomic mass is 79.9. The zero-order valence-corrected chi connectivity index (χ0v) is 19.9. The SMILES string of the molecule is O=C1/C(=C\c2cc(Br)c(O)c(Br)c2)COC/C1=C\c1cc(Br)c(O)c(Br)c1. The average molecular weight is 624 g/mol. The maximum atomic E-state index is 12.8. The van der Waals surface area contributed by atoms with Crippen LogP contribution in [-0.4, -0.2) is 29.2 Å². The van der Waals surface area contributed by atoms with Gasteiger partial charge in [0.2, 0.25) is 0 Å². The normalized spacial score (nSPS) is 17.7. The van der Waals surface area contributed by atoms with E-state index in [2.05, 4.69) is 63.7 Å². The molecule has 0 atom stereocenters. The van der Waals surface area contributed by atoms with E-state index in [-0.39, 0.29) is 30.5 Å². The number of carbonyl (C=O) groups excluding carboxylic acids is 1. The van der Waals surface area contributed by atoms with Gasteiger partial charge in [-0.25, -0.2) is 0 Å². The van der Waals surface area contributed by atoms with Gasteiger partial charge in [-0.2, -0.15) is 0 Å². The summed E-state index contributed by atoms with van der Waals surface area (Å²) >= 11 is 13.1. The molecule has 0 bridgehead atoms. The van der Waals surface area contributed by atoms with Crippen LogP contribution in [-0.2, 0) is 9.53 Å². The van der Waals surface area contributed by atoms with Crippen molar-refractivity contribution in [3.05, 3.63) is 64.4 Å². The molecule has 1 heterocycles. The van der Waals surface area contributed by atoms with Crippen molar-refractivity contribution in [1.29, 1.82) is 0 Å². The summed E-state index contributed by atoms with van der Waals surface area (Å²) in [5.74, 6) is 0.113. The molecule has 2 aromatic carbocycles. The highest BCUT2D eigenvalue weighted by Crippen LogP contribution is 2.35. The molecule has 27 heavy (non-hydrogen) atoms. The minimum absolute atomic E-state index is 0.0955. The van der Waals surface area contributed by atoms with Gasteiger partial charge in [0.25, 0.3) is 0 Å². The van der Waals surface area contributed by atoms with Gasteiger partial charge in [0.1, 0.15) is 11.5 Å². The number of hydrogen-bond donors (Lipinski definition) is 2. The molecule has 2 aromatic rings. The van der Waals surface area contributed by atoms with Gasteiger partial charge in [-0.05, 0) is 111 Å². The standard InChI is InChI=1S/C19H12Br4O4/c20-13-3-9(4-14(21)18(13)25)1-11-7-27-8-12(17(11)24)2-10-5-15(22)19(26)16(23)6-10/h1-6,25-26H,7-8H2/b11-1-,12-2+. The molecule has 3 rings (SSSR count). The van der Waals surface area contributed by atoms with Crippen molar-refractivity contribution < 1.29 is 19.7 Å². The molecule has 1 saturated heterocycles. The minimum atomic E-state index is -0.0955. The lowest BCUT2D eigenvalue weighted by molar-refractivity contribution is -0.114. The predicted octanol–water partition coefficient (Wildman–Crippen LogP) is 6.21. The number of phenolic OH excluding ortho intramolecular Hbond substituents is 2. The van der Waals surface area contributed by atoms with Crippen LogP contribution in [0, 0.1) is 0 Å². The van der Waals surface area contributed by atoms with Crippen molar-refractivity contribution in [2.24, 2.45) is 0 Å². The Hall–Kier alpha value is -0.930. The molecule has 1 aliphatic rings. The van der Waals surface area contributed by atoms with Crippen LogP contribution >= 0.6 is 63.7 Å². The number of halogens is 4. The van der Waals surface area contributed by atoms with Crippen LogP contribution in [0.15, 0.2) is 53.3 Å². The number of Topliss-reactive ketones (excluding diaryl/α,β-unsaturated/α-hetero) is 1. The lowest BCUT2D eigenvalue weighted by Gasteiger charge is -2.18. The maximum Gasteiger partial charge on any atom is 0.189 e. The van der Waals surface area contributed by atoms with Gasteiger partial charge in [-0.15, -0.1) is 0 Å². The van der Waals surface area contributed by atoms with Crippen LogP contribution in [0.2, 0.25) is 0 Å². The minimum Gasteiger partial charge on any atom is -0.506 e. The van der Waals surface area contributed by atoms with E-state index in [9.17, 15) is 15.0 Å². The average Bonchev–Trinajstić information content (AvgIpc) is 2.61. The molecular formula is C19H12Br4O4. The van der Waals surface area contributed by atoms with Gasteiger partial charge < -0.3 is 14.9 Å². The van der Waals surface area contributed by atoms with Gasteiger partial charge >= 0.3 is 0 Å². The molecule has 140 valence electrons. The maximum absolute atomic E-state index is 12.8. The number of aromatic hydroxyl groups is 2. The van der Waals surface area contributed by atoms with Crippen molar-refractivity contribution in [1.82, 2.24) is 0 Å². The van der Waals surface area contributed by atoms with Crippen molar-refractivity contribution in [2.45, 2.75) is 0 Å². The van der Waals surface area contributed by atoms with Crippen LogP contribution in [0.5, 0.6) is 11.5 Å². The Morgan fingerprint density at radius 2 is 1.07 bits per heavy atom. The van der Waals surface area contributed by atoms with Gasteiger partial charge in [0, 0.05) is 11.1 Å². The molecular weight excluding hydrogens is 612 g/mol. The van der Waals surface area contributed by atoms with Gasteiger partial charge in [0.15, 0.2) is 5.78 Å². The lowest BCUT2D eigenvalue weighted by Crippen LogP contribution is -2.21. The molecule has 0 aliphatic carbocycles. The number of benzene rings is 2. The third-order valence-corrected chi connectivity index (χ3v) is 6.28. The van der Waals surface area contributed by atoms with E-state index >= 15 is 0 Å². The van der Waals surface area contributed by atoms with Gasteiger partial charge in [-0.1, -0.05) is 0 Å². The Kier molecular flexibility index (Phi) is 6.63. The molecule has 0 amide bonds. The zero-order valence-electron chi connectivity index (χ0n) is 13.6. The van der Waals surface area contributed by atoms with E-state index in [4.69, 9.17) is 4.74 Å². The second kappa shape index (κ2) is 8.61. The first-order valence-electron chi connectivity index (χ1n) is 7.66. The van der Waals surface area contributed by atoms with Crippen LogP contribution in [0.3, 0.4) is 0 Å². The third-order valence-electron chi connectivity index (χ3n) is 3.86. The molecule has 0 aromatic heterocycles. The number of hydrogen-bond acceptors (Lipinski definition) is 4. The van der Waals surface area contributed by atoms with Gasteiger partial charge in [0.05, 0.1) is 31.1 Å². The third kappa shape index (κ3) is 4.74. The summed E-state index contributed by atoms with van der Waals surface area (Å²) in [6.07, 6.45) is 3.49. The molecule has 0 spiro atoms. The summed E-state index contributed by atoms with van der Waals surface area (Å²) in [6, 6.07) is 6.91. The van der Waals surface area contributed by atoms with Crippen LogP contribution in [0.4, 0.5) is 0 Å². The van der Waals surface area contributed by atoms with Crippen LogP contribution in [0.1, 0.15) is 11.1 Å². The Labute approximate surface area is 189 Å². The van der Waals surface area contributed by atoms with Crippen molar-refractivity contribution >= 4 is 81.7 Å². The zero-order chi connectivity index (χ0) is 19.7. The molecule has 4 nitrogen and oxygen atoms in total. The number of carbonyl (C=O) groups is 1. The number of ether oxygens (including phenoxy) is 1. The van der Waals surface area contributed by atoms with Crippen molar-refractivity contribution in [3.63, 3.8) is 0 Å². The van der Waals surface area contributed by atoms with Crippen molar-refractivity contribution in [3.8, 4) is 11.5 Å². The highest BCUT2D eigenvalue weighted by molar-refractivity contribution is 9.11. The Morgan fingerprint density at radius 3 is 1.41 bits per heavy atom. The van der Waals surface area contributed by atoms with E-state index in [1.54, 1.807) is 36.4 Å². The largest absolute Gasteiger partial charge is 0.506 e. The summed E-state index contributed by atoms with van der Waals surface area (Å²) in [7, 11) is 0. The van der Waals surface area contributed by atoms with Crippen LogP contribution in [0.25, 0.3) is 12.2 Å². The quantitative estimate of drug-likeness (QED) is 0.391. The van der Waals surface area contributed by atoms with E-state index in [1.807, 2.05) is 0 Å². The second-order valence-corrected chi connectivity index (χ2v) is 9.24. The summed E-state index contributed by atoms with van der Waals surface area (Å²) in [5.41, 5.74) is 2.56. The van der Waals surface area contributed by atoms with E-state index < -0.39 is 0 Å². The smallest absolute Gasteiger partial charge is 0.189 e. The molecule has 0 radical (unpaired) electrons. The van der Waals surface area contributed by atoms with Gasteiger partial charge in [-0.3, -0.25) is 4.79 Å². The van der Waals surface area contributed by atoms with Crippen molar-refractivity contribution in [2.75, 3.05) is 13.2 Å². The molecule has 0 saturated carbocycles. The summed E-state index contributed by atoms with van der Waals surface area (Å²) in [4.78, 5) is 12.8. The monoisotopic (exact) mass is 620 g/mol. The van der Waals surface area contributed by atoms with Crippen LogP contribution < -0.4 is 0 Å². The highest BCUT2D eigenvalue weighted by Gasteiger charge is 2.22. The first kappa shape index (κ1) is 20.8. The summed E-state index contributed by atoms with van der Waals surface area (Å²) in [5, 5.41) is 19.6. The topological polar surface area (TPSA) is 66.8 Å². The Morgan fingerprint density at radius 1 is 0.741 bits per heavy atom. The molecule has 2 N–H and O–H groups in total. The molecule has 1 aliphatic heterocycles. The van der Waals surface area contributed by atoms with E-state index in [0.29, 0.717) is 29.0 Å². The Bertz CT molecular complexity index is 872. The summed E-state index contributed by atoms with van der Waals surface area (Å²) < 4.78 is 7.70. The summed E-state index contributed by atoms with van der Waals surface area (Å²) in [6.45, 7) is 0.435. The van der Waals surface area contributed by atoms with E-state index in [0.717, 1.165) is 11.1 Å².